The first-order valence-corrected chi connectivity index (χ1v) is 10.8. The molecule has 8 nitrogen and oxygen atoms in total. The SMILES string of the molecule is Cn1cc(-c2ccc3c(N4CCN(C(=O)[C@@H](O)Cc5ccccc5)CC4)cnn3c2)cn1. The Morgan fingerprint density at radius 1 is 0.969 bits per heavy atom. The third-order valence-electron chi connectivity index (χ3n) is 6.02. The van der Waals surface area contributed by atoms with Gasteiger partial charge < -0.3 is 14.9 Å². The highest BCUT2D eigenvalue weighted by molar-refractivity contribution is 5.81. The van der Waals surface area contributed by atoms with E-state index in [4.69, 9.17) is 0 Å². The second-order valence-electron chi connectivity index (χ2n) is 8.20. The van der Waals surface area contributed by atoms with Crippen LogP contribution in [0.4, 0.5) is 5.69 Å². The van der Waals surface area contributed by atoms with Gasteiger partial charge in [-0.15, -0.1) is 0 Å². The Balaban J connectivity index is 1.24. The van der Waals surface area contributed by atoms with Crippen LogP contribution < -0.4 is 4.90 Å². The first-order chi connectivity index (χ1) is 15.6. The minimum atomic E-state index is -1.01. The Kier molecular flexibility index (Phi) is 5.36. The zero-order valence-corrected chi connectivity index (χ0v) is 18.0. The molecule has 1 aliphatic heterocycles. The predicted molar refractivity (Wildman–Crippen MR) is 122 cm³/mol. The van der Waals surface area contributed by atoms with Gasteiger partial charge in [0.2, 0.25) is 0 Å². The lowest BCUT2D eigenvalue weighted by atomic mass is 10.1. The molecular weight excluding hydrogens is 404 g/mol. The van der Waals surface area contributed by atoms with Crippen LogP contribution >= 0.6 is 0 Å². The highest BCUT2D eigenvalue weighted by Gasteiger charge is 2.27. The van der Waals surface area contributed by atoms with E-state index in [0.717, 1.165) is 27.9 Å². The third-order valence-corrected chi connectivity index (χ3v) is 6.02. The fourth-order valence-electron chi connectivity index (χ4n) is 4.26. The minimum Gasteiger partial charge on any atom is -0.383 e. The van der Waals surface area contributed by atoms with Gasteiger partial charge in [0.25, 0.3) is 5.91 Å². The number of carbonyl (C=O) groups excluding carboxylic acids is 1. The van der Waals surface area contributed by atoms with Crippen molar-refractivity contribution in [2.24, 2.45) is 7.05 Å². The highest BCUT2D eigenvalue weighted by atomic mass is 16.3. The Labute approximate surface area is 186 Å². The van der Waals surface area contributed by atoms with E-state index >= 15 is 0 Å². The molecule has 1 aliphatic rings. The monoisotopic (exact) mass is 430 g/mol. The number of carbonyl (C=O) groups is 1. The number of rotatable bonds is 5. The van der Waals surface area contributed by atoms with Crippen LogP contribution in [0.5, 0.6) is 0 Å². The van der Waals surface area contributed by atoms with Crippen LogP contribution in [0.15, 0.2) is 67.3 Å². The van der Waals surface area contributed by atoms with Gasteiger partial charge in [0.1, 0.15) is 6.10 Å². The average Bonchev–Trinajstić information content (AvgIpc) is 3.45. The topological polar surface area (TPSA) is 78.9 Å². The average molecular weight is 431 g/mol. The Bertz CT molecular complexity index is 1220. The Morgan fingerprint density at radius 2 is 1.75 bits per heavy atom. The van der Waals surface area contributed by atoms with Gasteiger partial charge in [0.05, 0.1) is 23.6 Å². The van der Waals surface area contributed by atoms with E-state index in [1.165, 1.54) is 0 Å². The maximum Gasteiger partial charge on any atom is 0.251 e. The van der Waals surface area contributed by atoms with E-state index in [0.29, 0.717) is 32.6 Å². The molecule has 4 heterocycles. The number of aryl methyl sites for hydroxylation is 1. The fraction of sp³-hybridized carbons (Fsp3) is 0.292. The largest absolute Gasteiger partial charge is 0.383 e. The molecule has 32 heavy (non-hydrogen) atoms. The van der Waals surface area contributed by atoms with E-state index in [-0.39, 0.29) is 5.91 Å². The van der Waals surface area contributed by atoms with Crippen LogP contribution in [0.3, 0.4) is 0 Å². The highest BCUT2D eigenvalue weighted by Crippen LogP contribution is 2.26. The second kappa shape index (κ2) is 8.47. The summed E-state index contributed by atoms with van der Waals surface area (Å²) in [6.07, 6.45) is 7.04. The van der Waals surface area contributed by atoms with Crippen molar-refractivity contribution in [3.63, 3.8) is 0 Å². The number of aliphatic hydroxyl groups excluding tert-OH is 1. The molecule has 1 atom stereocenters. The van der Waals surface area contributed by atoms with E-state index in [9.17, 15) is 9.90 Å². The van der Waals surface area contributed by atoms with Crippen molar-refractivity contribution in [2.45, 2.75) is 12.5 Å². The van der Waals surface area contributed by atoms with Crippen molar-refractivity contribution < 1.29 is 9.90 Å². The lowest BCUT2D eigenvalue weighted by Gasteiger charge is -2.36. The lowest BCUT2D eigenvalue weighted by molar-refractivity contribution is -0.140. The van der Waals surface area contributed by atoms with Gasteiger partial charge in [-0.2, -0.15) is 10.2 Å². The molecule has 164 valence electrons. The normalized spacial score (nSPS) is 15.3. The molecule has 1 fully saturated rings. The Hall–Kier alpha value is -3.65. The van der Waals surface area contributed by atoms with Crippen molar-refractivity contribution in [3.05, 3.63) is 72.8 Å². The maximum atomic E-state index is 12.7. The molecule has 5 rings (SSSR count). The van der Waals surface area contributed by atoms with Gasteiger partial charge in [-0.3, -0.25) is 9.48 Å². The molecule has 3 aromatic heterocycles. The second-order valence-corrected chi connectivity index (χ2v) is 8.20. The van der Waals surface area contributed by atoms with E-state index in [1.807, 2.05) is 66.7 Å². The summed E-state index contributed by atoms with van der Waals surface area (Å²) in [6.45, 7) is 2.57. The first-order valence-electron chi connectivity index (χ1n) is 10.8. The van der Waals surface area contributed by atoms with Crippen molar-refractivity contribution in [1.29, 1.82) is 0 Å². The van der Waals surface area contributed by atoms with Crippen LogP contribution in [-0.4, -0.2) is 67.6 Å². The number of hydrogen-bond donors (Lipinski definition) is 1. The number of nitrogens with zero attached hydrogens (tertiary/aromatic N) is 6. The predicted octanol–water partition coefficient (Wildman–Crippen LogP) is 1.99. The number of fused-ring (bicyclic) bond motifs is 1. The summed E-state index contributed by atoms with van der Waals surface area (Å²) in [4.78, 5) is 16.7. The molecule has 8 heteroatoms. The van der Waals surface area contributed by atoms with Crippen molar-refractivity contribution in [2.75, 3.05) is 31.1 Å². The summed E-state index contributed by atoms with van der Waals surface area (Å²) in [5.74, 6) is -0.200. The molecule has 0 bridgehead atoms. The summed E-state index contributed by atoms with van der Waals surface area (Å²) in [5.41, 5.74) is 5.15. The summed E-state index contributed by atoms with van der Waals surface area (Å²) in [5, 5.41) is 19.2. The van der Waals surface area contributed by atoms with Crippen molar-refractivity contribution >= 4 is 17.1 Å². The molecule has 0 unspecified atom stereocenters. The van der Waals surface area contributed by atoms with Crippen LogP contribution in [0.25, 0.3) is 16.6 Å². The first kappa shape index (κ1) is 20.3. The maximum absolute atomic E-state index is 12.7. The van der Waals surface area contributed by atoms with Crippen LogP contribution in [0, 0.1) is 0 Å². The number of pyridine rings is 1. The molecule has 1 N–H and O–H groups in total. The number of anilines is 1. The minimum absolute atomic E-state index is 0.200. The van der Waals surface area contributed by atoms with Crippen LogP contribution in [0.2, 0.25) is 0 Å². The summed E-state index contributed by atoms with van der Waals surface area (Å²) >= 11 is 0. The number of benzene rings is 1. The third kappa shape index (κ3) is 3.97. The quantitative estimate of drug-likeness (QED) is 0.524. The summed E-state index contributed by atoms with van der Waals surface area (Å²) in [7, 11) is 1.90. The van der Waals surface area contributed by atoms with Gasteiger partial charge in [-0.1, -0.05) is 36.4 Å². The molecule has 1 amide bonds. The number of amides is 1. The van der Waals surface area contributed by atoms with Gasteiger partial charge in [0, 0.05) is 63.2 Å². The number of aliphatic hydroxyl groups is 1. The van der Waals surface area contributed by atoms with E-state index in [2.05, 4.69) is 27.2 Å². The van der Waals surface area contributed by atoms with Gasteiger partial charge in [-0.05, 0) is 11.6 Å². The molecule has 1 saturated heterocycles. The van der Waals surface area contributed by atoms with Crippen molar-refractivity contribution in [1.82, 2.24) is 24.3 Å². The number of aromatic nitrogens is 4. The fourth-order valence-corrected chi connectivity index (χ4v) is 4.26. The smallest absolute Gasteiger partial charge is 0.251 e. The van der Waals surface area contributed by atoms with E-state index < -0.39 is 6.10 Å². The zero-order valence-electron chi connectivity index (χ0n) is 18.0. The lowest BCUT2D eigenvalue weighted by Crippen LogP contribution is -2.51. The molecule has 4 aromatic rings. The molecule has 1 aromatic carbocycles. The Morgan fingerprint density at radius 3 is 2.47 bits per heavy atom. The van der Waals surface area contributed by atoms with E-state index in [1.54, 1.807) is 9.58 Å². The summed E-state index contributed by atoms with van der Waals surface area (Å²) < 4.78 is 3.67. The molecule has 0 aliphatic carbocycles. The molecule has 0 radical (unpaired) electrons. The van der Waals surface area contributed by atoms with Crippen LogP contribution in [-0.2, 0) is 18.3 Å². The summed E-state index contributed by atoms with van der Waals surface area (Å²) in [6, 6.07) is 13.8. The van der Waals surface area contributed by atoms with Gasteiger partial charge in [0.15, 0.2) is 0 Å². The van der Waals surface area contributed by atoms with Crippen LogP contribution in [0.1, 0.15) is 5.56 Å². The zero-order chi connectivity index (χ0) is 22.1. The number of hydrogen-bond acceptors (Lipinski definition) is 5. The standard InChI is InChI=1S/C24H26N6O2/c1-27-16-20(14-25-27)19-7-8-21-22(15-26-30(21)17-19)28-9-11-29(12-10-28)24(32)23(31)13-18-5-3-2-4-6-18/h2-8,14-17,23,31H,9-13H2,1H3/t23-/m0/s1. The molecule has 0 spiro atoms. The molecule has 0 saturated carbocycles. The number of piperazine rings is 1. The van der Waals surface area contributed by atoms with Gasteiger partial charge >= 0.3 is 0 Å². The van der Waals surface area contributed by atoms with Crippen molar-refractivity contribution in [3.8, 4) is 11.1 Å². The van der Waals surface area contributed by atoms with Gasteiger partial charge in [-0.25, -0.2) is 4.52 Å². The molecular formula is C24H26N6O2.